The van der Waals surface area contributed by atoms with E-state index in [-0.39, 0.29) is 0 Å². The molecular weight excluding hydrogens is 150 g/mol. The largest absolute Gasteiger partial charge is 0.330 e. The SMILES string of the molecule is CC(CCCN)C(C)CNCN. The maximum atomic E-state index is 5.44. The molecule has 0 fully saturated rings. The van der Waals surface area contributed by atoms with Crippen LogP contribution in [0.4, 0.5) is 0 Å². The monoisotopic (exact) mass is 173 g/mol. The highest BCUT2D eigenvalue weighted by Gasteiger charge is 2.10. The first kappa shape index (κ1) is 11.9. The van der Waals surface area contributed by atoms with Crippen LogP contribution in [0.5, 0.6) is 0 Å². The lowest BCUT2D eigenvalue weighted by atomic mass is 9.91. The molecule has 0 aliphatic carbocycles. The summed E-state index contributed by atoms with van der Waals surface area (Å²) >= 11 is 0. The van der Waals surface area contributed by atoms with E-state index in [0.29, 0.717) is 12.6 Å². The molecule has 0 saturated carbocycles. The average molecular weight is 173 g/mol. The standard InChI is InChI=1S/C9H23N3/c1-8(4-3-5-10)9(2)6-12-7-11/h8-9,12H,3-7,10-11H2,1-2H3. The zero-order chi connectivity index (χ0) is 9.40. The van der Waals surface area contributed by atoms with Crippen molar-refractivity contribution in [2.24, 2.45) is 23.3 Å². The van der Waals surface area contributed by atoms with Gasteiger partial charge in [0.15, 0.2) is 0 Å². The maximum Gasteiger partial charge on any atom is 0.0428 e. The van der Waals surface area contributed by atoms with E-state index in [4.69, 9.17) is 11.5 Å². The molecule has 0 spiro atoms. The molecule has 0 aromatic heterocycles. The van der Waals surface area contributed by atoms with Gasteiger partial charge in [0, 0.05) is 6.67 Å². The Balaban J connectivity index is 3.39. The van der Waals surface area contributed by atoms with Crippen LogP contribution in [0.1, 0.15) is 26.7 Å². The first-order valence-electron chi connectivity index (χ1n) is 4.83. The fourth-order valence-electron chi connectivity index (χ4n) is 1.24. The summed E-state index contributed by atoms with van der Waals surface area (Å²) in [5.41, 5.74) is 10.8. The van der Waals surface area contributed by atoms with Crippen molar-refractivity contribution in [2.45, 2.75) is 26.7 Å². The minimum absolute atomic E-state index is 0.577. The Labute approximate surface area is 75.9 Å². The van der Waals surface area contributed by atoms with Crippen molar-refractivity contribution >= 4 is 0 Å². The van der Waals surface area contributed by atoms with Gasteiger partial charge in [0.05, 0.1) is 0 Å². The highest BCUT2D eigenvalue weighted by Crippen LogP contribution is 2.15. The highest BCUT2D eigenvalue weighted by atomic mass is 14.9. The summed E-state index contributed by atoms with van der Waals surface area (Å²) < 4.78 is 0. The van der Waals surface area contributed by atoms with Crippen LogP contribution in [0.2, 0.25) is 0 Å². The summed E-state index contributed by atoms with van der Waals surface area (Å²) in [6.07, 6.45) is 2.36. The summed E-state index contributed by atoms with van der Waals surface area (Å²) in [4.78, 5) is 0. The second kappa shape index (κ2) is 7.53. The maximum absolute atomic E-state index is 5.44. The Kier molecular flexibility index (Phi) is 7.45. The summed E-state index contributed by atoms with van der Waals surface area (Å²) in [5.74, 6) is 1.44. The molecule has 0 saturated heterocycles. The van der Waals surface area contributed by atoms with E-state index in [1.54, 1.807) is 0 Å². The number of rotatable bonds is 7. The number of hydrogen-bond acceptors (Lipinski definition) is 3. The van der Waals surface area contributed by atoms with Crippen molar-refractivity contribution in [1.29, 1.82) is 0 Å². The highest BCUT2D eigenvalue weighted by molar-refractivity contribution is 4.64. The van der Waals surface area contributed by atoms with Crippen molar-refractivity contribution in [3.05, 3.63) is 0 Å². The summed E-state index contributed by atoms with van der Waals surface area (Å²) in [6.45, 7) is 6.93. The van der Waals surface area contributed by atoms with Gasteiger partial charge in [-0.25, -0.2) is 0 Å². The van der Waals surface area contributed by atoms with Gasteiger partial charge in [0.25, 0.3) is 0 Å². The topological polar surface area (TPSA) is 64.1 Å². The molecule has 2 atom stereocenters. The molecule has 0 aliphatic rings. The minimum atomic E-state index is 0.577. The van der Waals surface area contributed by atoms with Gasteiger partial charge in [0.2, 0.25) is 0 Å². The van der Waals surface area contributed by atoms with Gasteiger partial charge in [-0.3, -0.25) is 0 Å². The van der Waals surface area contributed by atoms with Gasteiger partial charge < -0.3 is 16.8 Å². The van der Waals surface area contributed by atoms with Gasteiger partial charge in [0.1, 0.15) is 0 Å². The van der Waals surface area contributed by atoms with Crippen LogP contribution in [0.15, 0.2) is 0 Å². The normalized spacial score (nSPS) is 16.0. The van der Waals surface area contributed by atoms with Crippen LogP contribution in [-0.2, 0) is 0 Å². The van der Waals surface area contributed by atoms with Gasteiger partial charge in [-0.1, -0.05) is 13.8 Å². The number of nitrogens with two attached hydrogens (primary N) is 2. The van der Waals surface area contributed by atoms with E-state index < -0.39 is 0 Å². The predicted octanol–water partition coefficient (Wildman–Crippen LogP) is 0.503. The third-order valence-electron chi connectivity index (χ3n) is 2.45. The van der Waals surface area contributed by atoms with Crippen molar-refractivity contribution in [2.75, 3.05) is 19.8 Å². The summed E-state index contributed by atoms with van der Waals surface area (Å²) in [6, 6.07) is 0. The molecule has 5 N–H and O–H groups in total. The molecule has 0 rings (SSSR count). The Hall–Kier alpha value is -0.120. The van der Waals surface area contributed by atoms with Gasteiger partial charge in [-0.2, -0.15) is 0 Å². The van der Waals surface area contributed by atoms with Crippen molar-refractivity contribution < 1.29 is 0 Å². The molecule has 0 aliphatic heterocycles. The second-order valence-electron chi connectivity index (χ2n) is 3.54. The van der Waals surface area contributed by atoms with E-state index >= 15 is 0 Å². The van der Waals surface area contributed by atoms with Crippen LogP contribution in [0.25, 0.3) is 0 Å². The molecule has 0 amide bonds. The Morgan fingerprint density at radius 1 is 1.17 bits per heavy atom. The molecule has 74 valence electrons. The summed E-state index contributed by atoms with van der Waals surface area (Å²) in [5, 5.41) is 3.15. The van der Waals surface area contributed by atoms with Gasteiger partial charge >= 0.3 is 0 Å². The first-order chi connectivity index (χ1) is 5.72. The number of hydrogen-bond donors (Lipinski definition) is 3. The lowest BCUT2D eigenvalue weighted by Crippen LogP contribution is -2.29. The molecule has 2 unspecified atom stereocenters. The van der Waals surface area contributed by atoms with Gasteiger partial charge in [-0.15, -0.1) is 0 Å². The number of nitrogens with one attached hydrogen (secondary N) is 1. The molecule has 0 aromatic rings. The van der Waals surface area contributed by atoms with Crippen molar-refractivity contribution in [3.63, 3.8) is 0 Å². The van der Waals surface area contributed by atoms with E-state index in [1.807, 2.05) is 0 Å². The fraction of sp³-hybridized carbons (Fsp3) is 1.00. The fourth-order valence-corrected chi connectivity index (χ4v) is 1.24. The van der Waals surface area contributed by atoms with Gasteiger partial charge in [-0.05, 0) is 37.8 Å². The third-order valence-corrected chi connectivity index (χ3v) is 2.45. The van der Waals surface area contributed by atoms with Crippen LogP contribution in [-0.4, -0.2) is 19.8 Å². The van der Waals surface area contributed by atoms with E-state index in [9.17, 15) is 0 Å². The smallest absolute Gasteiger partial charge is 0.0428 e. The van der Waals surface area contributed by atoms with Crippen molar-refractivity contribution in [1.82, 2.24) is 5.32 Å². The van der Waals surface area contributed by atoms with Crippen molar-refractivity contribution in [3.8, 4) is 0 Å². The predicted molar refractivity (Wildman–Crippen MR) is 53.7 cm³/mol. The van der Waals surface area contributed by atoms with E-state index in [2.05, 4.69) is 19.2 Å². The Morgan fingerprint density at radius 3 is 2.33 bits per heavy atom. The van der Waals surface area contributed by atoms with Crippen LogP contribution >= 0.6 is 0 Å². The molecule has 0 aromatic carbocycles. The Morgan fingerprint density at radius 2 is 1.83 bits per heavy atom. The average Bonchev–Trinajstić information content (AvgIpc) is 2.10. The van der Waals surface area contributed by atoms with E-state index in [0.717, 1.165) is 25.4 Å². The van der Waals surface area contributed by atoms with Crippen LogP contribution < -0.4 is 16.8 Å². The minimum Gasteiger partial charge on any atom is -0.330 e. The van der Waals surface area contributed by atoms with Crippen LogP contribution in [0.3, 0.4) is 0 Å². The van der Waals surface area contributed by atoms with Crippen LogP contribution in [0, 0.1) is 11.8 Å². The molecular formula is C9H23N3. The lowest BCUT2D eigenvalue weighted by molar-refractivity contribution is 0.344. The first-order valence-corrected chi connectivity index (χ1v) is 4.83. The molecule has 3 heteroatoms. The zero-order valence-corrected chi connectivity index (χ0v) is 8.34. The lowest BCUT2D eigenvalue weighted by Gasteiger charge is -2.19. The third kappa shape index (κ3) is 5.52. The second-order valence-corrected chi connectivity index (χ2v) is 3.54. The quantitative estimate of drug-likeness (QED) is 0.491. The molecule has 12 heavy (non-hydrogen) atoms. The molecule has 0 bridgehead atoms. The summed E-state index contributed by atoms with van der Waals surface area (Å²) in [7, 11) is 0. The molecule has 0 heterocycles. The molecule has 3 nitrogen and oxygen atoms in total. The zero-order valence-electron chi connectivity index (χ0n) is 8.34. The molecule has 0 radical (unpaired) electrons. The Bertz CT molecular complexity index is 83.8. The van der Waals surface area contributed by atoms with E-state index in [1.165, 1.54) is 6.42 Å².